The van der Waals surface area contributed by atoms with Crippen LogP contribution in [-0.4, -0.2) is 27.8 Å². The molecule has 0 aliphatic carbocycles. The Morgan fingerprint density at radius 2 is 1.97 bits per heavy atom. The zero-order valence-corrected chi connectivity index (χ0v) is 16.4. The Hall–Kier alpha value is -3.20. The Bertz CT molecular complexity index is 1140. The van der Waals surface area contributed by atoms with Crippen molar-refractivity contribution in [1.82, 2.24) is 14.9 Å². The fourth-order valence-corrected chi connectivity index (χ4v) is 3.56. The molecule has 156 valence electrons. The summed E-state index contributed by atoms with van der Waals surface area (Å²) in [4.78, 5) is 22.7. The molecule has 9 heteroatoms. The van der Waals surface area contributed by atoms with Gasteiger partial charge in [0.15, 0.2) is 0 Å². The SMILES string of the molecule is Cc1cc2nc(N)c3c(c2cc1C(=O)N(C)Cc1ccc(C(F)(F)F)cn1)COC3. The summed E-state index contributed by atoms with van der Waals surface area (Å²) in [7, 11) is 1.58. The van der Waals surface area contributed by atoms with E-state index < -0.39 is 11.7 Å². The maximum absolute atomic E-state index is 13.0. The molecule has 0 radical (unpaired) electrons. The van der Waals surface area contributed by atoms with Gasteiger partial charge in [-0.1, -0.05) is 0 Å². The minimum Gasteiger partial charge on any atom is -0.383 e. The van der Waals surface area contributed by atoms with Crippen LogP contribution in [0.1, 0.15) is 38.3 Å². The number of fused-ring (bicyclic) bond motifs is 3. The summed E-state index contributed by atoms with van der Waals surface area (Å²) in [5.74, 6) is 0.166. The smallest absolute Gasteiger partial charge is 0.383 e. The van der Waals surface area contributed by atoms with E-state index in [2.05, 4.69) is 9.97 Å². The predicted octanol–water partition coefficient (Wildman–Crippen LogP) is 3.84. The summed E-state index contributed by atoms with van der Waals surface area (Å²) >= 11 is 0. The fourth-order valence-electron chi connectivity index (χ4n) is 3.56. The number of anilines is 1. The summed E-state index contributed by atoms with van der Waals surface area (Å²) < 4.78 is 43.6. The number of pyridine rings is 2. The van der Waals surface area contributed by atoms with Crippen molar-refractivity contribution in [3.05, 3.63) is 64.0 Å². The number of aromatic nitrogens is 2. The van der Waals surface area contributed by atoms with Crippen molar-refractivity contribution in [2.45, 2.75) is 32.9 Å². The normalized spacial score (nSPS) is 13.5. The average molecular weight is 416 g/mol. The van der Waals surface area contributed by atoms with Crippen LogP contribution in [0.3, 0.4) is 0 Å². The van der Waals surface area contributed by atoms with Crippen LogP contribution < -0.4 is 5.73 Å². The molecule has 1 aliphatic rings. The highest BCUT2D eigenvalue weighted by molar-refractivity contribution is 6.00. The molecule has 0 saturated heterocycles. The zero-order chi connectivity index (χ0) is 21.6. The number of hydrogen-bond acceptors (Lipinski definition) is 5. The van der Waals surface area contributed by atoms with Gasteiger partial charge in [-0.3, -0.25) is 9.78 Å². The molecule has 30 heavy (non-hydrogen) atoms. The molecule has 6 nitrogen and oxygen atoms in total. The number of nitrogens with two attached hydrogens (primary N) is 1. The summed E-state index contributed by atoms with van der Waals surface area (Å²) in [6.07, 6.45) is -3.68. The molecule has 1 aromatic carbocycles. The third kappa shape index (κ3) is 3.56. The van der Waals surface area contributed by atoms with Crippen LogP contribution in [0.2, 0.25) is 0 Å². The van der Waals surface area contributed by atoms with Gasteiger partial charge in [-0.2, -0.15) is 13.2 Å². The van der Waals surface area contributed by atoms with Crippen LogP contribution in [0.5, 0.6) is 0 Å². The van der Waals surface area contributed by atoms with E-state index in [-0.39, 0.29) is 12.5 Å². The number of nitrogen functional groups attached to an aromatic ring is 1. The third-order valence-electron chi connectivity index (χ3n) is 5.20. The van der Waals surface area contributed by atoms with Crippen molar-refractivity contribution in [3.8, 4) is 0 Å². The maximum Gasteiger partial charge on any atom is 0.417 e. The van der Waals surface area contributed by atoms with E-state index in [4.69, 9.17) is 10.5 Å². The molecule has 0 bridgehead atoms. The van der Waals surface area contributed by atoms with Crippen molar-refractivity contribution in [2.24, 2.45) is 0 Å². The van der Waals surface area contributed by atoms with Crippen LogP contribution >= 0.6 is 0 Å². The van der Waals surface area contributed by atoms with Crippen LogP contribution in [0.25, 0.3) is 10.9 Å². The highest BCUT2D eigenvalue weighted by Crippen LogP contribution is 2.33. The number of alkyl halides is 3. The Morgan fingerprint density at radius 3 is 2.63 bits per heavy atom. The maximum atomic E-state index is 13.0. The first kappa shape index (κ1) is 20.1. The van der Waals surface area contributed by atoms with Gasteiger partial charge in [0.2, 0.25) is 0 Å². The number of rotatable bonds is 3. The fraction of sp³-hybridized carbons (Fsp3) is 0.286. The zero-order valence-electron chi connectivity index (χ0n) is 16.4. The van der Waals surface area contributed by atoms with E-state index in [1.165, 1.54) is 11.0 Å². The molecule has 2 N–H and O–H groups in total. The first-order chi connectivity index (χ1) is 14.1. The van der Waals surface area contributed by atoms with Crippen molar-refractivity contribution < 1.29 is 22.7 Å². The third-order valence-corrected chi connectivity index (χ3v) is 5.20. The van der Waals surface area contributed by atoms with Gasteiger partial charge in [0.05, 0.1) is 36.5 Å². The van der Waals surface area contributed by atoms with Crippen molar-refractivity contribution >= 4 is 22.6 Å². The largest absolute Gasteiger partial charge is 0.417 e. The van der Waals surface area contributed by atoms with Crippen molar-refractivity contribution in [3.63, 3.8) is 0 Å². The molecule has 0 saturated carbocycles. The lowest BCUT2D eigenvalue weighted by atomic mass is 9.98. The standard InChI is InChI=1S/C21H19F3N4O2/c1-11-5-18-15(16-9-30-10-17(16)19(25)27-18)6-14(11)20(29)28(2)8-13-4-3-12(7-26-13)21(22,23)24/h3-7H,8-10H2,1-2H3,(H2,25,27). The van der Waals surface area contributed by atoms with Gasteiger partial charge in [-0.05, 0) is 42.3 Å². The molecule has 0 fully saturated rings. The summed E-state index contributed by atoms with van der Waals surface area (Å²) in [5, 5.41) is 0.812. The Morgan fingerprint density at radius 1 is 1.23 bits per heavy atom. The van der Waals surface area contributed by atoms with Crippen LogP contribution in [0, 0.1) is 6.92 Å². The van der Waals surface area contributed by atoms with Gasteiger partial charge < -0.3 is 15.4 Å². The molecule has 0 unspecified atom stereocenters. The minimum atomic E-state index is -4.45. The molecular formula is C21H19F3N4O2. The highest BCUT2D eigenvalue weighted by Gasteiger charge is 2.30. The van der Waals surface area contributed by atoms with Gasteiger partial charge in [-0.15, -0.1) is 0 Å². The first-order valence-electron chi connectivity index (χ1n) is 9.22. The van der Waals surface area contributed by atoms with Crippen molar-refractivity contribution in [1.29, 1.82) is 0 Å². The second-order valence-corrected chi connectivity index (χ2v) is 7.33. The summed E-state index contributed by atoms with van der Waals surface area (Å²) in [5.41, 5.74) is 9.22. The van der Waals surface area contributed by atoms with E-state index in [0.717, 1.165) is 34.3 Å². The Balaban J connectivity index is 1.62. The molecule has 1 aliphatic heterocycles. The van der Waals surface area contributed by atoms with Crippen LogP contribution in [0.15, 0.2) is 30.5 Å². The quantitative estimate of drug-likeness (QED) is 0.702. The Labute approximate surface area is 170 Å². The molecule has 0 atom stereocenters. The van der Waals surface area contributed by atoms with Crippen LogP contribution in [0.4, 0.5) is 19.0 Å². The van der Waals surface area contributed by atoms with E-state index in [1.807, 2.05) is 6.07 Å². The van der Waals surface area contributed by atoms with E-state index >= 15 is 0 Å². The minimum absolute atomic E-state index is 0.0790. The number of amides is 1. The van der Waals surface area contributed by atoms with Gasteiger partial charge >= 0.3 is 6.18 Å². The number of carbonyl (C=O) groups excluding carboxylic acids is 1. The monoisotopic (exact) mass is 416 g/mol. The topological polar surface area (TPSA) is 81.3 Å². The Kier molecular flexibility index (Phi) is 4.85. The number of nitrogens with zero attached hydrogens (tertiary/aromatic N) is 3. The number of halogens is 3. The first-order valence-corrected chi connectivity index (χ1v) is 9.22. The molecular weight excluding hydrogens is 397 g/mol. The highest BCUT2D eigenvalue weighted by atomic mass is 19.4. The second-order valence-electron chi connectivity index (χ2n) is 7.33. The molecule has 3 heterocycles. The second kappa shape index (κ2) is 7.24. The number of hydrogen-bond donors (Lipinski definition) is 1. The molecule has 0 spiro atoms. The summed E-state index contributed by atoms with van der Waals surface area (Å²) in [6, 6.07) is 5.82. The average Bonchev–Trinajstić information content (AvgIpc) is 3.17. The number of aryl methyl sites for hydroxylation is 1. The molecule has 3 aromatic rings. The van der Waals surface area contributed by atoms with Gasteiger partial charge in [-0.25, -0.2) is 4.98 Å². The molecule has 2 aromatic heterocycles. The lowest BCUT2D eigenvalue weighted by Gasteiger charge is -2.19. The van der Waals surface area contributed by atoms with E-state index in [0.29, 0.717) is 35.8 Å². The van der Waals surface area contributed by atoms with E-state index in [9.17, 15) is 18.0 Å². The lowest BCUT2D eigenvalue weighted by molar-refractivity contribution is -0.137. The lowest BCUT2D eigenvalue weighted by Crippen LogP contribution is -2.27. The van der Waals surface area contributed by atoms with Gasteiger partial charge in [0, 0.05) is 29.8 Å². The number of benzene rings is 1. The molecule has 1 amide bonds. The van der Waals surface area contributed by atoms with E-state index in [1.54, 1.807) is 20.0 Å². The summed E-state index contributed by atoms with van der Waals surface area (Å²) in [6.45, 7) is 2.68. The number of carbonyl (C=O) groups is 1. The number of ether oxygens (including phenoxy) is 1. The predicted molar refractivity (Wildman–Crippen MR) is 104 cm³/mol. The molecule has 4 rings (SSSR count). The van der Waals surface area contributed by atoms with Gasteiger partial charge in [0.25, 0.3) is 5.91 Å². The van der Waals surface area contributed by atoms with Crippen molar-refractivity contribution in [2.75, 3.05) is 12.8 Å². The van der Waals surface area contributed by atoms with Gasteiger partial charge in [0.1, 0.15) is 5.82 Å². The van der Waals surface area contributed by atoms with Crippen LogP contribution in [-0.2, 0) is 30.7 Å².